The third-order valence-corrected chi connectivity index (χ3v) is 3.97. The molecule has 0 bridgehead atoms. The molecule has 100 valence electrons. The first-order chi connectivity index (χ1) is 7.67. The molecule has 1 fully saturated rings. The molecule has 1 rings (SSSR count). The topological polar surface area (TPSA) is 55.6 Å². The molecule has 0 saturated carbocycles. The number of hydrogen-bond donors (Lipinski definition) is 1. The summed E-state index contributed by atoms with van der Waals surface area (Å²) < 4.78 is 5.47. The van der Waals surface area contributed by atoms with Crippen molar-refractivity contribution < 1.29 is 9.53 Å². The standard InChI is InChI=1S/C12H24N2O2S/c1-11(2,3)16-10(15)14(9-6-17-7-9)12(4,5)8-13/h9H,6-8,13H2,1-5H3. The van der Waals surface area contributed by atoms with Crippen LogP contribution in [0.2, 0.25) is 0 Å². The summed E-state index contributed by atoms with van der Waals surface area (Å²) in [5.41, 5.74) is 4.95. The molecule has 0 aliphatic carbocycles. The van der Waals surface area contributed by atoms with E-state index in [0.29, 0.717) is 6.54 Å². The number of carbonyl (C=O) groups is 1. The first kappa shape index (κ1) is 14.6. The molecule has 4 nitrogen and oxygen atoms in total. The fourth-order valence-corrected chi connectivity index (χ4v) is 2.42. The van der Waals surface area contributed by atoms with Gasteiger partial charge >= 0.3 is 6.09 Å². The molecule has 0 unspecified atom stereocenters. The number of rotatable bonds is 3. The van der Waals surface area contributed by atoms with Crippen LogP contribution in [0.4, 0.5) is 4.79 Å². The largest absolute Gasteiger partial charge is 0.444 e. The molecule has 17 heavy (non-hydrogen) atoms. The van der Waals surface area contributed by atoms with Gasteiger partial charge in [0.05, 0.1) is 11.6 Å². The van der Waals surface area contributed by atoms with Gasteiger partial charge in [-0.25, -0.2) is 4.79 Å². The first-order valence-corrected chi connectivity index (χ1v) is 7.13. The van der Waals surface area contributed by atoms with Gasteiger partial charge in [0.2, 0.25) is 0 Å². The van der Waals surface area contributed by atoms with E-state index in [1.165, 1.54) is 0 Å². The summed E-state index contributed by atoms with van der Waals surface area (Å²) in [6, 6.07) is 0.258. The average Bonchev–Trinajstić information content (AvgIpc) is 2.07. The van der Waals surface area contributed by atoms with Crippen molar-refractivity contribution in [3.05, 3.63) is 0 Å². The zero-order valence-corrected chi connectivity index (χ0v) is 12.3. The molecule has 0 radical (unpaired) electrons. The normalized spacial score (nSPS) is 17.5. The van der Waals surface area contributed by atoms with Crippen LogP contribution >= 0.6 is 11.8 Å². The molecule has 1 saturated heterocycles. The number of thioether (sulfide) groups is 1. The lowest BCUT2D eigenvalue weighted by atomic mass is 10.0. The van der Waals surface area contributed by atoms with Gasteiger partial charge in [0, 0.05) is 18.1 Å². The molecule has 1 aliphatic heterocycles. The number of nitrogens with two attached hydrogens (primary N) is 1. The summed E-state index contributed by atoms with van der Waals surface area (Å²) in [4.78, 5) is 14.1. The predicted octanol–water partition coefficient (Wildman–Crippen LogP) is 2.08. The van der Waals surface area contributed by atoms with Crippen LogP contribution in [0, 0.1) is 0 Å². The summed E-state index contributed by atoms with van der Waals surface area (Å²) in [5.74, 6) is 1.95. The molecule has 0 aromatic rings. The van der Waals surface area contributed by atoms with Crippen molar-refractivity contribution in [3.8, 4) is 0 Å². The number of hydrogen-bond acceptors (Lipinski definition) is 4. The average molecular weight is 260 g/mol. The van der Waals surface area contributed by atoms with Gasteiger partial charge in [-0.3, -0.25) is 4.90 Å². The molecule has 1 heterocycles. The Morgan fingerprint density at radius 3 is 2.18 bits per heavy atom. The van der Waals surface area contributed by atoms with Gasteiger partial charge in [0.15, 0.2) is 0 Å². The van der Waals surface area contributed by atoms with E-state index in [9.17, 15) is 4.79 Å². The number of amides is 1. The molecule has 0 spiro atoms. The van der Waals surface area contributed by atoms with Crippen LogP contribution in [-0.4, -0.2) is 46.2 Å². The first-order valence-electron chi connectivity index (χ1n) is 5.97. The van der Waals surface area contributed by atoms with E-state index in [-0.39, 0.29) is 17.7 Å². The lowest BCUT2D eigenvalue weighted by Gasteiger charge is -2.46. The Hall–Kier alpha value is -0.420. The van der Waals surface area contributed by atoms with E-state index in [1.54, 1.807) is 0 Å². The van der Waals surface area contributed by atoms with Crippen molar-refractivity contribution in [2.75, 3.05) is 18.1 Å². The van der Waals surface area contributed by atoms with Crippen LogP contribution in [0.25, 0.3) is 0 Å². The Balaban J connectivity index is 2.79. The Bertz CT molecular complexity index is 283. The summed E-state index contributed by atoms with van der Waals surface area (Å²) >= 11 is 1.85. The van der Waals surface area contributed by atoms with Crippen molar-refractivity contribution >= 4 is 17.9 Å². The smallest absolute Gasteiger partial charge is 0.411 e. The fraction of sp³-hybridized carbons (Fsp3) is 0.917. The van der Waals surface area contributed by atoms with Gasteiger partial charge in [0.25, 0.3) is 0 Å². The van der Waals surface area contributed by atoms with Crippen LogP contribution in [0.3, 0.4) is 0 Å². The highest BCUT2D eigenvalue weighted by atomic mass is 32.2. The van der Waals surface area contributed by atoms with Crippen LogP contribution in [0.15, 0.2) is 0 Å². The predicted molar refractivity (Wildman–Crippen MR) is 72.3 cm³/mol. The minimum Gasteiger partial charge on any atom is -0.444 e. The van der Waals surface area contributed by atoms with Crippen molar-refractivity contribution in [2.45, 2.75) is 51.8 Å². The second kappa shape index (κ2) is 5.06. The zero-order valence-electron chi connectivity index (χ0n) is 11.4. The van der Waals surface area contributed by atoms with E-state index in [4.69, 9.17) is 10.5 Å². The monoisotopic (exact) mass is 260 g/mol. The molecular weight excluding hydrogens is 236 g/mol. The summed E-state index contributed by atoms with van der Waals surface area (Å²) in [7, 11) is 0. The molecule has 1 aliphatic rings. The number of carbonyl (C=O) groups excluding carboxylic acids is 1. The van der Waals surface area contributed by atoms with Gasteiger partial charge < -0.3 is 10.5 Å². The third kappa shape index (κ3) is 3.78. The van der Waals surface area contributed by atoms with Crippen LogP contribution in [0.5, 0.6) is 0 Å². The minimum atomic E-state index is -0.461. The molecule has 0 atom stereocenters. The maximum absolute atomic E-state index is 12.2. The molecule has 0 aromatic heterocycles. The van der Waals surface area contributed by atoms with E-state index < -0.39 is 5.60 Å². The van der Waals surface area contributed by atoms with Gasteiger partial charge in [-0.05, 0) is 34.6 Å². The fourth-order valence-electron chi connectivity index (χ4n) is 1.67. The SMILES string of the molecule is CC(C)(C)OC(=O)N(C1CSC1)C(C)(C)CN. The van der Waals surface area contributed by atoms with Crippen LogP contribution < -0.4 is 5.73 Å². The lowest BCUT2D eigenvalue weighted by Crippen LogP contribution is -2.61. The van der Waals surface area contributed by atoms with Crippen molar-refractivity contribution in [3.63, 3.8) is 0 Å². The van der Waals surface area contributed by atoms with E-state index in [1.807, 2.05) is 51.3 Å². The summed E-state index contributed by atoms with van der Waals surface area (Å²) in [6.07, 6.45) is -0.252. The maximum atomic E-state index is 12.2. The van der Waals surface area contributed by atoms with Crippen molar-refractivity contribution in [1.82, 2.24) is 4.90 Å². The number of nitrogens with zero attached hydrogens (tertiary/aromatic N) is 1. The minimum absolute atomic E-state index is 0.252. The molecule has 1 amide bonds. The van der Waals surface area contributed by atoms with Gasteiger partial charge in [-0.15, -0.1) is 0 Å². The molecular formula is C12H24N2O2S. The van der Waals surface area contributed by atoms with Crippen molar-refractivity contribution in [2.24, 2.45) is 5.73 Å². The Kier molecular flexibility index (Phi) is 4.36. The second-order valence-electron chi connectivity index (χ2n) is 6.06. The highest BCUT2D eigenvalue weighted by Crippen LogP contribution is 2.30. The molecule has 0 aromatic carbocycles. The van der Waals surface area contributed by atoms with Gasteiger partial charge in [-0.2, -0.15) is 11.8 Å². The Morgan fingerprint density at radius 1 is 1.35 bits per heavy atom. The second-order valence-corrected chi connectivity index (χ2v) is 7.13. The van der Waals surface area contributed by atoms with Crippen molar-refractivity contribution in [1.29, 1.82) is 0 Å². The molecule has 2 N–H and O–H groups in total. The van der Waals surface area contributed by atoms with E-state index >= 15 is 0 Å². The van der Waals surface area contributed by atoms with Gasteiger partial charge in [-0.1, -0.05) is 0 Å². The third-order valence-electron chi connectivity index (χ3n) is 2.73. The van der Waals surface area contributed by atoms with Gasteiger partial charge in [0.1, 0.15) is 5.60 Å². The number of ether oxygens (including phenoxy) is 1. The lowest BCUT2D eigenvalue weighted by molar-refractivity contribution is -0.00487. The zero-order chi connectivity index (χ0) is 13.3. The quantitative estimate of drug-likeness (QED) is 0.844. The maximum Gasteiger partial charge on any atom is 0.411 e. The van der Waals surface area contributed by atoms with Crippen LogP contribution in [-0.2, 0) is 4.74 Å². The summed E-state index contributed by atoms with van der Waals surface area (Å²) in [5, 5.41) is 0. The molecule has 5 heteroatoms. The highest BCUT2D eigenvalue weighted by Gasteiger charge is 2.40. The van der Waals surface area contributed by atoms with E-state index in [2.05, 4.69) is 0 Å². The van der Waals surface area contributed by atoms with Crippen LogP contribution in [0.1, 0.15) is 34.6 Å². The van der Waals surface area contributed by atoms with E-state index in [0.717, 1.165) is 11.5 Å². The summed E-state index contributed by atoms with van der Waals surface area (Å²) in [6.45, 7) is 10.1. The Morgan fingerprint density at radius 2 is 1.88 bits per heavy atom. The Labute approximate surface area is 108 Å². The highest BCUT2D eigenvalue weighted by molar-refractivity contribution is 8.00.